The summed E-state index contributed by atoms with van der Waals surface area (Å²) in [5, 5.41) is 0. The van der Waals surface area contributed by atoms with Crippen molar-refractivity contribution >= 4 is 5.91 Å². The molecular weight excluding hydrogens is 285 g/mol. The van der Waals surface area contributed by atoms with Gasteiger partial charge in [-0.3, -0.25) is 4.79 Å². The molecule has 4 nitrogen and oxygen atoms in total. The van der Waals surface area contributed by atoms with Crippen LogP contribution in [0.1, 0.15) is 36.5 Å². The fourth-order valence-corrected chi connectivity index (χ4v) is 2.98. The molecule has 0 aliphatic heterocycles. The fraction of sp³-hybridized carbons (Fsp3) is 0.471. The van der Waals surface area contributed by atoms with Crippen LogP contribution in [0.25, 0.3) is 0 Å². The number of carbonyl (C=O) groups excluding carboxylic acids is 1. The zero-order chi connectivity index (χ0) is 16.0. The molecule has 0 bridgehead atoms. The average Bonchev–Trinajstić information content (AvgIpc) is 2.99. The normalized spacial score (nSPS) is 23.2. The first kappa shape index (κ1) is 16.5. The van der Waals surface area contributed by atoms with Crippen LogP contribution in [0.4, 0.5) is 4.39 Å². The highest BCUT2D eigenvalue weighted by Crippen LogP contribution is 2.40. The van der Waals surface area contributed by atoms with Gasteiger partial charge in [0, 0.05) is 24.5 Å². The van der Waals surface area contributed by atoms with Gasteiger partial charge in [-0.2, -0.15) is 0 Å². The van der Waals surface area contributed by atoms with Crippen molar-refractivity contribution in [1.82, 2.24) is 5.48 Å². The number of hydrogen-bond donors (Lipinski definition) is 1. The van der Waals surface area contributed by atoms with E-state index in [-0.39, 0.29) is 11.8 Å². The molecule has 1 aromatic carbocycles. The number of carbonyl (C=O) groups is 1. The van der Waals surface area contributed by atoms with Crippen LogP contribution in [0.3, 0.4) is 0 Å². The molecule has 1 saturated carbocycles. The van der Waals surface area contributed by atoms with Crippen LogP contribution in [0.2, 0.25) is 0 Å². The molecule has 3 unspecified atom stereocenters. The second-order valence-corrected chi connectivity index (χ2v) is 5.51. The Hall–Kier alpha value is -1.90. The van der Waals surface area contributed by atoms with E-state index in [9.17, 15) is 9.18 Å². The van der Waals surface area contributed by atoms with Crippen LogP contribution in [0, 0.1) is 23.9 Å². The van der Waals surface area contributed by atoms with Gasteiger partial charge in [-0.05, 0) is 24.5 Å². The van der Waals surface area contributed by atoms with E-state index >= 15 is 0 Å². The lowest BCUT2D eigenvalue weighted by Crippen LogP contribution is -2.48. The Labute approximate surface area is 129 Å². The molecule has 118 valence electrons. The summed E-state index contributed by atoms with van der Waals surface area (Å²) in [6, 6.07) is 8.63. The van der Waals surface area contributed by atoms with E-state index in [1.165, 1.54) is 13.3 Å². The highest BCUT2D eigenvalue weighted by molar-refractivity contribution is 5.93. The number of benzene rings is 1. The molecule has 0 heterocycles. The van der Waals surface area contributed by atoms with Gasteiger partial charge in [0.2, 0.25) is 0 Å². The molecule has 0 aromatic heterocycles. The minimum Gasteiger partial charge on any atom is -0.341 e. The zero-order valence-corrected chi connectivity index (χ0v) is 12.8. The first-order valence-corrected chi connectivity index (χ1v) is 7.34. The van der Waals surface area contributed by atoms with Gasteiger partial charge in [0.05, 0.1) is 0 Å². The van der Waals surface area contributed by atoms with Crippen molar-refractivity contribution in [3.63, 3.8) is 0 Å². The topological polar surface area (TPSA) is 47.6 Å². The Kier molecular flexibility index (Phi) is 5.53. The summed E-state index contributed by atoms with van der Waals surface area (Å²) in [6.07, 6.45) is 4.18. The molecule has 1 aliphatic rings. The maximum atomic E-state index is 12.7. The SMILES string of the molecule is COC(C#CF)(ONC(=O)c1ccccc1)C1CCCC1C. The van der Waals surface area contributed by atoms with E-state index in [0.29, 0.717) is 5.56 Å². The van der Waals surface area contributed by atoms with Crippen molar-refractivity contribution in [2.45, 2.75) is 32.0 Å². The lowest BCUT2D eigenvalue weighted by atomic mass is 9.89. The molecule has 2 rings (SSSR count). The minimum atomic E-state index is -1.46. The standard InChI is InChI=1S/C17H20FNO3/c1-13-7-6-10-15(13)17(21-2,11-12-18)22-19-16(20)14-8-4-3-5-9-14/h3-5,8-9,13,15H,6-7,10H2,1-2H3,(H,19,20). The molecule has 1 aromatic rings. The van der Waals surface area contributed by atoms with Gasteiger partial charge in [0.1, 0.15) is 6.17 Å². The second-order valence-electron chi connectivity index (χ2n) is 5.51. The third-order valence-corrected chi connectivity index (χ3v) is 4.21. The summed E-state index contributed by atoms with van der Waals surface area (Å²) < 4.78 is 18.0. The van der Waals surface area contributed by atoms with Gasteiger partial charge in [-0.1, -0.05) is 38.0 Å². The molecule has 1 fully saturated rings. The number of nitrogens with one attached hydrogen (secondary N) is 1. The summed E-state index contributed by atoms with van der Waals surface area (Å²) >= 11 is 0. The van der Waals surface area contributed by atoms with Gasteiger partial charge in [-0.25, -0.2) is 10.3 Å². The molecular formula is C17H20FNO3. The van der Waals surface area contributed by atoms with E-state index in [0.717, 1.165) is 19.3 Å². The number of rotatable bonds is 5. The molecule has 1 aliphatic carbocycles. The van der Waals surface area contributed by atoms with Gasteiger partial charge in [0.15, 0.2) is 0 Å². The van der Waals surface area contributed by atoms with E-state index in [1.807, 2.05) is 13.0 Å². The van der Waals surface area contributed by atoms with Crippen molar-refractivity contribution in [2.24, 2.45) is 11.8 Å². The minimum absolute atomic E-state index is 0.100. The molecule has 0 spiro atoms. The third kappa shape index (κ3) is 3.46. The molecule has 0 saturated heterocycles. The molecule has 3 atom stereocenters. The first-order valence-electron chi connectivity index (χ1n) is 7.34. The molecule has 1 N–H and O–H groups in total. The zero-order valence-electron chi connectivity index (χ0n) is 12.8. The van der Waals surface area contributed by atoms with Gasteiger partial charge in [-0.15, -0.1) is 4.39 Å². The lowest BCUT2D eigenvalue weighted by molar-refractivity contribution is -0.241. The largest absolute Gasteiger partial charge is 0.341 e. The smallest absolute Gasteiger partial charge is 0.274 e. The fourth-order valence-electron chi connectivity index (χ4n) is 2.98. The lowest BCUT2D eigenvalue weighted by Gasteiger charge is -2.34. The highest BCUT2D eigenvalue weighted by Gasteiger charge is 2.45. The van der Waals surface area contributed by atoms with E-state index in [4.69, 9.17) is 9.57 Å². The summed E-state index contributed by atoms with van der Waals surface area (Å²) in [6.45, 7) is 2.05. The number of halogens is 1. The van der Waals surface area contributed by atoms with Gasteiger partial charge < -0.3 is 4.74 Å². The average molecular weight is 305 g/mol. The van der Waals surface area contributed by atoms with Crippen LogP contribution < -0.4 is 5.48 Å². The Balaban J connectivity index is 2.13. The van der Waals surface area contributed by atoms with Crippen molar-refractivity contribution in [2.75, 3.05) is 7.11 Å². The monoisotopic (exact) mass is 305 g/mol. The maximum Gasteiger partial charge on any atom is 0.274 e. The predicted molar refractivity (Wildman–Crippen MR) is 80.1 cm³/mol. The van der Waals surface area contributed by atoms with E-state index in [1.54, 1.807) is 24.3 Å². The Morgan fingerprint density at radius 3 is 2.64 bits per heavy atom. The number of hydrogen-bond acceptors (Lipinski definition) is 3. The van der Waals surface area contributed by atoms with Crippen LogP contribution in [0.15, 0.2) is 30.3 Å². The highest BCUT2D eigenvalue weighted by atomic mass is 19.1. The van der Waals surface area contributed by atoms with Crippen LogP contribution in [0.5, 0.6) is 0 Å². The quantitative estimate of drug-likeness (QED) is 0.517. The van der Waals surface area contributed by atoms with Gasteiger partial charge in [0.25, 0.3) is 11.7 Å². The van der Waals surface area contributed by atoms with Crippen molar-refractivity contribution in [3.05, 3.63) is 35.9 Å². The maximum absolute atomic E-state index is 12.7. The van der Waals surface area contributed by atoms with Crippen LogP contribution in [-0.2, 0) is 9.57 Å². The third-order valence-electron chi connectivity index (χ3n) is 4.21. The molecule has 1 amide bonds. The number of methoxy groups -OCH3 is 1. The molecule has 0 radical (unpaired) electrons. The first-order chi connectivity index (χ1) is 10.6. The van der Waals surface area contributed by atoms with E-state index in [2.05, 4.69) is 11.4 Å². The van der Waals surface area contributed by atoms with Crippen LogP contribution >= 0.6 is 0 Å². The van der Waals surface area contributed by atoms with Crippen molar-refractivity contribution in [1.29, 1.82) is 0 Å². The summed E-state index contributed by atoms with van der Waals surface area (Å²) in [5.74, 6) is 0.636. The summed E-state index contributed by atoms with van der Waals surface area (Å²) in [7, 11) is 1.41. The molecule has 5 heteroatoms. The van der Waals surface area contributed by atoms with E-state index < -0.39 is 11.7 Å². The Morgan fingerprint density at radius 1 is 1.36 bits per heavy atom. The number of hydroxylamine groups is 1. The van der Waals surface area contributed by atoms with Gasteiger partial charge >= 0.3 is 0 Å². The molecule has 22 heavy (non-hydrogen) atoms. The Morgan fingerprint density at radius 2 is 2.09 bits per heavy atom. The van der Waals surface area contributed by atoms with Crippen molar-refractivity contribution < 1.29 is 18.8 Å². The van der Waals surface area contributed by atoms with Crippen molar-refractivity contribution in [3.8, 4) is 12.1 Å². The summed E-state index contributed by atoms with van der Waals surface area (Å²) in [4.78, 5) is 17.5. The predicted octanol–water partition coefficient (Wildman–Crippen LogP) is 3.06. The summed E-state index contributed by atoms with van der Waals surface area (Å²) in [5.41, 5.74) is 2.78. The second kappa shape index (κ2) is 7.39. The van der Waals surface area contributed by atoms with Crippen LogP contribution in [-0.4, -0.2) is 18.8 Å². The number of ether oxygens (including phenoxy) is 1. The Bertz CT molecular complexity index is 566. The number of amides is 1.